The molecule has 0 radical (unpaired) electrons. The van der Waals surface area contributed by atoms with Crippen LogP contribution in [0.2, 0.25) is 0 Å². The van der Waals surface area contributed by atoms with Crippen molar-refractivity contribution < 1.29 is 8.42 Å². The number of sulfonamides is 1. The minimum Gasteiger partial charge on any atom is -0.315 e. The van der Waals surface area contributed by atoms with Gasteiger partial charge in [0.2, 0.25) is 0 Å². The predicted molar refractivity (Wildman–Crippen MR) is 73.0 cm³/mol. The van der Waals surface area contributed by atoms with Crippen molar-refractivity contribution in [3.63, 3.8) is 0 Å². The second-order valence-corrected chi connectivity index (χ2v) is 8.89. The van der Waals surface area contributed by atoms with Crippen molar-refractivity contribution in [1.82, 2.24) is 10.0 Å². The van der Waals surface area contributed by atoms with Crippen LogP contribution in [0.5, 0.6) is 0 Å². The van der Waals surface area contributed by atoms with E-state index in [-0.39, 0.29) is 5.54 Å². The molecule has 1 atom stereocenters. The van der Waals surface area contributed by atoms with Gasteiger partial charge in [0, 0.05) is 12.1 Å². The maximum Gasteiger partial charge on any atom is 0.250 e. The van der Waals surface area contributed by atoms with E-state index < -0.39 is 10.0 Å². The largest absolute Gasteiger partial charge is 0.315 e. The van der Waals surface area contributed by atoms with E-state index in [9.17, 15) is 8.42 Å². The van der Waals surface area contributed by atoms with Gasteiger partial charge in [-0.15, -0.1) is 11.3 Å². The second kappa shape index (κ2) is 4.62. The minimum atomic E-state index is -3.41. The average Bonchev–Trinajstić information content (AvgIpc) is 2.74. The molecule has 17 heavy (non-hydrogen) atoms. The van der Waals surface area contributed by atoms with Gasteiger partial charge in [0.15, 0.2) is 0 Å². The fourth-order valence-corrected chi connectivity index (χ4v) is 5.50. The highest BCUT2D eigenvalue weighted by molar-refractivity contribution is 9.11. The van der Waals surface area contributed by atoms with E-state index in [0.29, 0.717) is 10.8 Å². The van der Waals surface area contributed by atoms with E-state index >= 15 is 0 Å². The number of hydrogen-bond donors (Lipinski definition) is 2. The van der Waals surface area contributed by atoms with Crippen LogP contribution in [0, 0.1) is 6.92 Å². The van der Waals surface area contributed by atoms with E-state index in [1.165, 1.54) is 11.3 Å². The smallest absolute Gasteiger partial charge is 0.250 e. The number of rotatable bonds is 3. The van der Waals surface area contributed by atoms with Crippen LogP contribution in [0.3, 0.4) is 0 Å². The summed E-state index contributed by atoms with van der Waals surface area (Å²) < 4.78 is 28.4. The summed E-state index contributed by atoms with van der Waals surface area (Å²) in [4.78, 5) is 0. The summed E-state index contributed by atoms with van der Waals surface area (Å²) in [5.74, 6) is 0. The molecule has 1 fully saturated rings. The van der Waals surface area contributed by atoms with Crippen LogP contribution >= 0.6 is 27.3 Å². The van der Waals surface area contributed by atoms with Gasteiger partial charge in [-0.2, -0.15) is 0 Å². The molecule has 0 amide bonds. The third kappa shape index (κ3) is 2.90. The topological polar surface area (TPSA) is 58.2 Å². The Labute approximate surface area is 114 Å². The summed E-state index contributed by atoms with van der Waals surface area (Å²) >= 11 is 4.60. The summed E-state index contributed by atoms with van der Waals surface area (Å²) in [5, 5.41) is 3.17. The molecular weight excluding hydrogens is 324 g/mol. The Morgan fingerprint density at radius 1 is 1.59 bits per heavy atom. The second-order valence-electron chi connectivity index (χ2n) is 4.62. The Balaban J connectivity index is 2.24. The fourth-order valence-electron chi connectivity index (χ4n) is 1.84. The normalized spacial score (nSPS) is 25.4. The molecule has 2 N–H and O–H groups in total. The molecule has 1 aromatic heterocycles. The lowest BCUT2D eigenvalue weighted by molar-refractivity contribution is 0.452. The molecule has 4 nitrogen and oxygen atoms in total. The molecule has 2 heterocycles. The number of aryl methyl sites for hydroxylation is 1. The lowest BCUT2D eigenvalue weighted by Gasteiger charge is -2.23. The highest BCUT2D eigenvalue weighted by Crippen LogP contribution is 2.31. The summed E-state index contributed by atoms with van der Waals surface area (Å²) in [6.07, 6.45) is 0.817. The summed E-state index contributed by atoms with van der Waals surface area (Å²) in [6.45, 7) is 5.35. The summed E-state index contributed by atoms with van der Waals surface area (Å²) in [7, 11) is -3.41. The van der Waals surface area contributed by atoms with Crippen LogP contribution in [-0.4, -0.2) is 27.0 Å². The standard InChI is InChI=1S/C10H15BrN2O2S2/c1-7-5-8(16-9(7)11)17(14,15)13-10(2)3-4-12-6-10/h5,12-13H,3-4,6H2,1-2H3. The number of halogens is 1. The van der Waals surface area contributed by atoms with E-state index in [1.807, 2.05) is 13.8 Å². The third-order valence-electron chi connectivity index (χ3n) is 2.85. The number of thiophene rings is 1. The summed E-state index contributed by atoms with van der Waals surface area (Å²) in [6, 6.07) is 1.70. The lowest BCUT2D eigenvalue weighted by atomic mass is 10.0. The van der Waals surface area contributed by atoms with Crippen LogP contribution in [0.1, 0.15) is 18.9 Å². The zero-order chi connectivity index (χ0) is 12.7. The van der Waals surface area contributed by atoms with Gasteiger partial charge in [0.25, 0.3) is 10.0 Å². The fraction of sp³-hybridized carbons (Fsp3) is 0.600. The van der Waals surface area contributed by atoms with Crippen molar-refractivity contribution in [3.8, 4) is 0 Å². The zero-order valence-electron chi connectivity index (χ0n) is 9.71. The van der Waals surface area contributed by atoms with E-state index in [0.717, 1.165) is 22.3 Å². The lowest BCUT2D eigenvalue weighted by Crippen LogP contribution is -2.47. The molecule has 0 aliphatic carbocycles. The van der Waals surface area contributed by atoms with Gasteiger partial charge >= 0.3 is 0 Å². The highest BCUT2D eigenvalue weighted by Gasteiger charge is 2.34. The molecule has 1 aliphatic heterocycles. The molecule has 0 spiro atoms. The first-order chi connectivity index (χ1) is 7.82. The van der Waals surface area contributed by atoms with Gasteiger partial charge in [0.1, 0.15) is 4.21 Å². The van der Waals surface area contributed by atoms with Gasteiger partial charge < -0.3 is 5.32 Å². The van der Waals surface area contributed by atoms with Crippen LogP contribution in [-0.2, 0) is 10.0 Å². The molecule has 1 saturated heterocycles. The monoisotopic (exact) mass is 338 g/mol. The molecule has 1 aliphatic rings. The SMILES string of the molecule is Cc1cc(S(=O)(=O)NC2(C)CCNC2)sc1Br. The van der Waals surface area contributed by atoms with Crippen molar-refractivity contribution in [2.24, 2.45) is 0 Å². The van der Waals surface area contributed by atoms with Crippen LogP contribution < -0.4 is 10.0 Å². The first kappa shape index (κ1) is 13.5. The Hall–Kier alpha value is 0.0500. The van der Waals surface area contributed by atoms with E-state index in [4.69, 9.17) is 0 Å². The molecule has 0 aromatic carbocycles. The zero-order valence-corrected chi connectivity index (χ0v) is 12.9. The van der Waals surface area contributed by atoms with Gasteiger partial charge in [-0.1, -0.05) is 0 Å². The average molecular weight is 339 g/mol. The highest BCUT2D eigenvalue weighted by atomic mass is 79.9. The number of hydrogen-bond acceptors (Lipinski definition) is 4. The van der Waals surface area contributed by atoms with Crippen LogP contribution in [0.15, 0.2) is 14.1 Å². The molecule has 96 valence electrons. The Kier molecular flexibility index (Phi) is 3.66. The third-order valence-corrected chi connectivity index (χ3v) is 7.10. The van der Waals surface area contributed by atoms with Crippen molar-refractivity contribution >= 4 is 37.3 Å². The van der Waals surface area contributed by atoms with Crippen molar-refractivity contribution in [2.75, 3.05) is 13.1 Å². The van der Waals surface area contributed by atoms with Crippen molar-refractivity contribution in [3.05, 3.63) is 15.4 Å². The Bertz CT molecular complexity index is 499. The first-order valence-electron chi connectivity index (χ1n) is 5.33. The Morgan fingerprint density at radius 3 is 2.76 bits per heavy atom. The molecule has 1 unspecified atom stereocenters. The number of nitrogens with one attached hydrogen (secondary N) is 2. The quantitative estimate of drug-likeness (QED) is 0.884. The van der Waals surface area contributed by atoms with E-state index in [1.54, 1.807) is 6.07 Å². The van der Waals surface area contributed by atoms with Crippen molar-refractivity contribution in [1.29, 1.82) is 0 Å². The first-order valence-corrected chi connectivity index (χ1v) is 8.42. The maximum absolute atomic E-state index is 12.2. The maximum atomic E-state index is 12.2. The molecule has 7 heteroatoms. The Morgan fingerprint density at radius 2 is 2.29 bits per heavy atom. The van der Waals surface area contributed by atoms with E-state index in [2.05, 4.69) is 26.0 Å². The van der Waals surface area contributed by atoms with Gasteiger partial charge in [-0.3, -0.25) is 0 Å². The summed E-state index contributed by atoms with van der Waals surface area (Å²) in [5.41, 5.74) is 0.577. The molecule has 0 saturated carbocycles. The predicted octanol–water partition coefficient (Wildman–Crippen LogP) is 1.85. The minimum absolute atomic E-state index is 0.370. The van der Waals surface area contributed by atoms with Gasteiger partial charge in [-0.25, -0.2) is 13.1 Å². The molecular formula is C10H15BrN2O2S2. The molecule has 0 bridgehead atoms. The van der Waals surface area contributed by atoms with Gasteiger partial charge in [0.05, 0.1) is 3.79 Å². The van der Waals surface area contributed by atoms with Crippen LogP contribution in [0.25, 0.3) is 0 Å². The molecule has 2 rings (SSSR count). The van der Waals surface area contributed by atoms with Crippen LogP contribution in [0.4, 0.5) is 0 Å². The van der Waals surface area contributed by atoms with Crippen molar-refractivity contribution in [2.45, 2.75) is 30.0 Å². The molecule has 1 aromatic rings. The van der Waals surface area contributed by atoms with Gasteiger partial charge in [-0.05, 0) is 54.4 Å².